The number of nitrogens with zero attached hydrogens (tertiary/aromatic N) is 2. The first kappa shape index (κ1) is 20.2. The Bertz CT molecular complexity index is 666. The molecule has 0 amide bonds. The summed E-state index contributed by atoms with van der Waals surface area (Å²) in [5.74, 6) is 1.35. The minimum Gasteiger partial charge on any atom is -0.380 e. The number of para-hydroxylation sites is 1. The molecular formula is C20H31N5S. The van der Waals surface area contributed by atoms with Gasteiger partial charge in [0.25, 0.3) is 0 Å². The van der Waals surface area contributed by atoms with Crippen molar-refractivity contribution in [1.29, 1.82) is 0 Å². The number of aryl methyl sites for hydroxylation is 1. The number of benzene rings is 1. The van der Waals surface area contributed by atoms with Crippen LogP contribution in [0.1, 0.15) is 30.7 Å². The van der Waals surface area contributed by atoms with Gasteiger partial charge < -0.3 is 16.0 Å². The van der Waals surface area contributed by atoms with Crippen molar-refractivity contribution in [1.82, 2.24) is 15.6 Å². The summed E-state index contributed by atoms with van der Waals surface area (Å²) >= 11 is 1.75. The van der Waals surface area contributed by atoms with Crippen LogP contribution < -0.4 is 16.0 Å². The first-order valence-electron chi connectivity index (χ1n) is 9.33. The van der Waals surface area contributed by atoms with E-state index in [0.29, 0.717) is 5.92 Å². The van der Waals surface area contributed by atoms with Crippen molar-refractivity contribution >= 4 is 23.0 Å². The highest BCUT2D eigenvalue weighted by atomic mass is 32.1. The molecule has 0 fully saturated rings. The Morgan fingerprint density at radius 3 is 2.58 bits per heavy atom. The van der Waals surface area contributed by atoms with Crippen LogP contribution in [0.3, 0.4) is 0 Å². The predicted molar refractivity (Wildman–Crippen MR) is 113 cm³/mol. The summed E-state index contributed by atoms with van der Waals surface area (Å²) in [6.45, 7) is 11.0. The lowest BCUT2D eigenvalue weighted by Crippen LogP contribution is -2.40. The van der Waals surface area contributed by atoms with E-state index >= 15 is 0 Å². The van der Waals surface area contributed by atoms with Gasteiger partial charge in [0.1, 0.15) is 0 Å². The number of nitrogens with one attached hydrogen (secondary N) is 3. The van der Waals surface area contributed by atoms with E-state index < -0.39 is 0 Å². The molecule has 1 aromatic heterocycles. The van der Waals surface area contributed by atoms with Gasteiger partial charge in [-0.25, -0.2) is 4.98 Å². The maximum absolute atomic E-state index is 4.78. The Morgan fingerprint density at radius 1 is 1.19 bits per heavy atom. The van der Waals surface area contributed by atoms with Crippen LogP contribution in [0.4, 0.5) is 5.69 Å². The zero-order valence-electron chi connectivity index (χ0n) is 16.2. The van der Waals surface area contributed by atoms with Gasteiger partial charge in [0.15, 0.2) is 5.96 Å². The summed E-state index contributed by atoms with van der Waals surface area (Å²) in [6.07, 6.45) is 2.85. The molecule has 1 heterocycles. The van der Waals surface area contributed by atoms with Gasteiger partial charge in [0, 0.05) is 42.3 Å². The molecule has 0 spiro atoms. The van der Waals surface area contributed by atoms with Gasteiger partial charge in [-0.2, -0.15) is 0 Å². The van der Waals surface area contributed by atoms with Crippen LogP contribution in [0.15, 0.2) is 41.5 Å². The number of aliphatic imine (C=N–C) groups is 1. The Morgan fingerprint density at radius 2 is 1.96 bits per heavy atom. The molecular weight excluding hydrogens is 342 g/mol. The second-order valence-electron chi connectivity index (χ2n) is 6.62. The van der Waals surface area contributed by atoms with E-state index in [-0.39, 0.29) is 6.04 Å². The topological polar surface area (TPSA) is 61.3 Å². The van der Waals surface area contributed by atoms with Crippen LogP contribution in [0.2, 0.25) is 0 Å². The van der Waals surface area contributed by atoms with E-state index in [2.05, 4.69) is 72.9 Å². The van der Waals surface area contributed by atoms with E-state index in [0.717, 1.165) is 42.7 Å². The van der Waals surface area contributed by atoms with E-state index in [4.69, 9.17) is 4.99 Å². The van der Waals surface area contributed by atoms with Crippen molar-refractivity contribution in [2.24, 2.45) is 10.9 Å². The quantitative estimate of drug-likeness (QED) is 0.463. The molecule has 2 aromatic rings. The van der Waals surface area contributed by atoms with Crippen LogP contribution in [0.25, 0.3) is 0 Å². The maximum Gasteiger partial charge on any atom is 0.191 e. The number of anilines is 1. The molecule has 2 rings (SSSR count). The standard InChI is InChI=1S/C20H31N5S/c1-5-21-20(22-12-11-19-23-13-16(4)26-19)24-14-18(15(2)3)25-17-9-7-6-8-10-17/h6-10,13,15,18,25H,5,11-12,14H2,1-4H3,(H2,21,22,24). The van der Waals surface area contributed by atoms with Gasteiger partial charge in [-0.05, 0) is 31.9 Å². The largest absolute Gasteiger partial charge is 0.380 e. The summed E-state index contributed by atoms with van der Waals surface area (Å²) in [7, 11) is 0. The van der Waals surface area contributed by atoms with Gasteiger partial charge in [0.05, 0.1) is 11.6 Å². The SMILES string of the molecule is CCNC(=NCC(Nc1ccccc1)C(C)C)NCCc1ncc(C)s1. The third kappa shape index (κ3) is 7.04. The Balaban J connectivity index is 1.89. The lowest BCUT2D eigenvalue weighted by atomic mass is 10.0. The van der Waals surface area contributed by atoms with Crippen LogP contribution in [-0.2, 0) is 6.42 Å². The second-order valence-corrected chi connectivity index (χ2v) is 7.94. The fourth-order valence-electron chi connectivity index (χ4n) is 2.51. The first-order valence-corrected chi connectivity index (χ1v) is 10.1. The smallest absolute Gasteiger partial charge is 0.191 e. The van der Waals surface area contributed by atoms with Crippen molar-refractivity contribution in [3.8, 4) is 0 Å². The molecule has 0 aliphatic heterocycles. The van der Waals surface area contributed by atoms with Crippen molar-refractivity contribution < 1.29 is 0 Å². The van der Waals surface area contributed by atoms with Gasteiger partial charge in [0.2, 0.25) is 0 Å². The molecule has 0 aliphatic rings. The van der Waals surface area contributed by atoms with Crippen LogP contribution in [0.5, 0.6) is 0 Å². The molecule has 1 aromatic carbocycles. The van der Waals surface area contributed by atoms with Crippen LogP contribution in [-0.4, -0.2) is 36.6 Å². The van der Waals surface area contributed by atoms with Crippen molar-refractivity contribution in [3.63, 3.8) is 0 Å². The average Bonchev–Trinajstić information content (AvgIpc) is 3.04. The minimum atomic E-state index is 0.287. The maximum atomic E-state index is 4.78. The normalized spacial score (nSPS) is 12.9. The molecule has 1 unspecified atom stereocenters. The van der Waals surface area contributed by atoms with Gasteiger partial charge in [-0.1, -0.05) is 32.0 Å². The summed E-state index contributed by atoms with van der Waals surface area (Å²) in [5, 5.41) is 11.5. The number of thiazole rings is 1. The summed E-state index contributed by atoms with van der Waals surface area (Å²) in [4.78, 5) is 10.5. The minimum absolute atomic E-state index is 0.287. The van der Waals surface area contributed by atoms with E-state index in [1.54, 1.807) is 11.3 Å². The van der Waals surface area contributed by atoms with Gasteiger partial charge >= 0.3 is 0 Å². The van der Waals surface area contributed by atoms with Crippen LogP contribution in [0, 0.1) is 12.8 Å². The van der Waals surface area contributed by atoms with Crippen molar-refractivity contribution in [2.45, 2.75) is 40.2 Å². The third-order valence-corrected chi connectivity index (χ3v) is 4.99. The number of rotatable bonds is 9. The molecule has 6 heteroatoms. The number of hydrogen-bond acceptors (Lipinski definition) is 4. The molecule has 142 valence electrons. The molecule has 0 bridgehead atoms. The number of aromatic nitrogens is 1. The average molecular weight is 374 g/mol. The van der Waals surface area contributed by atoms with E-state index in [9.17, 15) is 0 Å². The van der Waals surface area contributed by atoms with E-state index in [1.165, 1.54) is 4.88 Å². The van der Waals surface area contributed by atoms with Crippen molar-refractivity contribution in [2.75, 3.05) is 25.0 Å². The zero-order valence-corrected chi connectivity index (χ0v) is 17.1. The number of hydrogen-bond donors (Lipinski definition) is 3. The highest BCUT2D eigenvalue weighted by Crippen LogP contribution is 2.13. The second kappa shape index (κ2) is 10.8. The molecule has 5 nitrogen and oxygen atoms in total. The molecule has 0 radical (unpaired) electrons. The predicted octanol–water partition coefficient (Wildman–Crippen LogP) is 3.69. The zero-order chi connectivity index (χ0) is 18.8. The summed E-state index contributed by atoms with van der Waals surface area (Å²) in [5.41, 5.74) is 1.14. The summed E-state index contributed by atoms with van der Waals surface area (Å²) < 4.78 is 0. The Hall–Kier alpha value is -2.08. The highest BCUT2D eigenvalue weighted by molar-refractivity contribution is 7.11. The Labute approximate surface area is 161 Å². The highest BCUT2D eigenvalue weighted by Gasteiger charge is 2.13. The summed E-state index contributed by atoms with van der Waals surface area (Å²) in [6, 6.07) is 10.6. The van der Waals surface area contributed by atoms with E-state index in [1.807, 2.05) is 12.3 Å². The molecule has 26 heavy (non-hydrogen) atoms. The molecule has 0 saturated carbocycles. The van der Waals surface area contributed by atoms with Gasteiger partial charge in [-0.15, -0.1) is 11.3 Å². The lowest BCUT2D eigenvalue weighted by molar-refractivity contribution is 0.530. The number of guanidine groups is 1. The third-order valence-electron chi connectivity index (χ3n) is 4.02. The lowest BCUT2D eigenvalue weighted by Gasteiger charge is -2.22. The fraction of sp³-hybridized carbons (Fsp3) is 0.500. The molecule has 0 saturated heterocycles. The van der Waals surface area contributed by atoms with Crippen LogP contribution >= 0.6 is 11.3 Å². The molecule has 1 atom stereocenters. The van der Waals surface area contributed by atoms with Gasteiger partial charge in [-0.3, -0.25) is 4.99 Å². The molecule has 0 aliphatic carbocycles. The monoisotopic (exact) mass is 373 g/mol. The first-order chi connectivity index (χ1) is 12.6. The fourth-order valence-corrected chi connectivity index (χ4v) is 3.29. The Kier molecular flexibility index (Phi) is 8.41. The molecule has 3 N–H and O–H groups in total. The van der Waals surface area contributed by atoms with Crippen molar-refractivity contribution in [3.05, 3.63) is 46.4 Å².